The van der Waals surface area contributed by atoms with E-state index in [4.69, 9.17) is 4.42 Å². The van der Waals surface area contributed by atoms with Crippen molar-refractivity contribution in [3.05, 3.63) is 23.7 Å². The van der Waals surface area contributed by atoms with E-state index in [2.05, 4.69) is 5.32 Å². The van der Waals surface area contributed by atoms with Crippen molar-refractivity contribution in [2.75, 3.05) is 26.7 Å². The lowest BCUT2D eigenvalue weighted by Gasteiger charge is -2.27. The van der Waals surface area contributed by atoms with Gasteiger partial charge in [-0.05, 0) is 44.8 Å². The highest BCUT2D eigenvalue weighted by molar-refractivity contribution is 5.94. The Kier molecular flexibility index (Phi) is 3.84. The summed E-state index contributed by atoms with van der Waals surface area (Å²) in [5.41, 5.74) is 0.677. The molecule has 0 bridgehead atoms. The minimum Gasteiger partial charge on any atom is -0.469 e. The molecule has 0 aromatic carbocycles. The minimum absolute atomic E-state index is 0.0572. The minimum atomic E-state index is 0.0572. The molecule has 0 aliphatic carbocycles. The molecule has 0 saturated carbocycles. The summed E-state index contributed by atoms with van der Waals surface area (Å²) in [5, 5.41) is 3.37. The van der Waals surface area contributed by atoms with Crippen LogP contribution in [0.15, 0.2) is 16.7 Å². The molecule has 1 fully saturated rings. The van der Waals surface area contributed by atoms with Crippen molar-refractivity contribution in [3.63, 3.8) is 0 Å². The summed E-state index contributed by atoms with van der Waals surface area (Å²) < 4.78 is 5.17. The average Bonchev–Trinajstić information content (AvgIpc) is 2.76. The van der Waals surface area contributed by atoms with Crippen molar-refractivity contribution in [3.8, 4) is 0 Å². The lowest BCUT2D eigenvalue weighted by molar-refractivity contribution is 0.0763. The number of piperidine rings is 1. The first-order chi connectivity index (χ1) is 8.18. The molecular weight excluding hydrogens is 216 g/mol. The van der Waals surface area contributed by atoms with Crippen LogP contribution in [0.25, 0.3) is 0 Å². The molecule has 1 amide bonds. The summed E-state index contributed by atoms with van der Waals surface area (Å²) in [5.74, 6) is 1.33. The summed E-state index contributed by atoms with van der Waals surface area (Å²) in [6.45, 7) is 4.76. The molecule has 1 saturated heterocycles. The molecule has 4 nitrogen and oxygen atoms in total. The standard InChI is InChI=1S/C13H20N2O2/c1-10-12(5-7-17-10)13(16)15(2)9-11-4-3-6-14-8-11/h5,7,11,14H,3-4,6,8-9H2,1-2H3. The zero-order chi connectivity index (χ0) is 12.3. The third-order valence-electron chi connectivity index (χ3n) is 3.37. The number of nitrogens with zero attached hydrogens (tertiary/aromatic N) is 1. The van der Waals surface area contributed by atoms with E-state index in [1.165, 1.54) is 12.8 Å². The Hall–Kier alpha value is -1.29. The Morgan fingerprint density at radius 2 is 2.47 bits per heavy atom. The van der Waals surface area contributed by atoms with E-state index in [0.29, 0.717) is 17.2 Å². The molecule has 1 aliphatic heterocycles. The fourth-order valence-corrected chi connectivity index (χ4v) is 2.36. The topological polar surface area (TPSA) is 45.5 Å². The van der Waals surface area contributed by atoms with Crippen molar-refractivity contribution in [1.82, 2.24) is 10.2 Å². The van der Waals surface area contributed by atoms with Gasteiger partial charge in [0.15, 0.2) is 0 Å². The molecule has 2 rings (SSSR count). The SMILES string of the molecule is Cc1occc1C(=O)N(C)CC1CCCNC1. The zero-order valence-electron chi connectivity index (χ0n) is 10.5. The monoisotopic (exact) mass is 236 g/mol. The molecule has 1 aliphatic rings. The van der Waals surface area contributed by atoms with Crippen molar-refractivity contribution in [2.24, 2.45) is 5.92 Å². The molecule has 17 heavy (non-hydrogen) atoms. The number of carbonyl (C=O) groups is 1. The van der Waals surface area contributed by atoms with E-state index in [1.807, 2.05) is 14.0 Å². The van der Waals surface area contributed by atoms with Crippen LogP contribution in [0.2, 0.25) is 0 Å². The van der Waals surface area contributed by atoms with Gasteiger partial charge in [0.2, 0.25) is 0 Å². The predicted molar refractivity (Wildman–Crippen MR) is 66.0 cm³/mol. The highest BCUT2D eigenvalue weighted by Gasteiger charge is 2.20. The molecule has 0 radical (unpaired) electrons. The predicted octanol–water partition coefficient (Wildman–Crippen LogP) is 1.66. The second-order valence-corrected chi connectivity index (χ2v) is 4.79. The van der Waals surface area contributed by atoms with Gasteiger partial charge in [-0.25, -0.2) is 0 Å². The maximum Gasteiger partial charge on any atom is 0.257 e. The van der Waals surface area contributed by atoms with Crippen LogP contribution in [0, 0.1) is 12.8 Å². The van der Waals surface area contributed by atoms with E-state index >= 15 is 0 Å². The van der Waals surface area contributed by atoms with Gasteiger partial charge in [0.25, 0.3) is 5.91 Å². The van der Waals surface area contributed by atoms with Gasteiger partial charge in [0.1, 0.15) is 5.76 Å². The molecule has 4 heteroatoms. The highest BCUT2D eigenvalue weighted by atomic mass is 16.3. The Morgan fingerprint density at radius 1 is 1.65 bits per heavy atom. The van der Waals surface area contributed by atoms with Gasteiger partial charge in [-0.15, -0.1) is 0 Å². The number of rotatable bonds is 3. The Labute approximate surface area is 102 Å². The quantitative estimate of drug-likeness (QED) is 0.868. The van der Waals surface area contributed by atoms with Gasteiger partial charge in [0, 0.05) is 13.6 Å². The van der Waals surface area contributed by atoms with Crippen LogP contribution < -0.4 is 5.32 Å². The molecule has 0 spiro atoms. The molecule has 1 atom stereocenters. The summed E-state index contributed by atoms with van der Waals surface area (Å²) in [6.07, 6.45) is 3.98. The largest absolute Gasteiger partial charge is 0.469 e. The van der Waals surface area contributed by atoms with Crippen LogP contribution >= 0.6 is 0 Å². The van der Waals surface area contributed by atoms with Gasteiger partial charge in [0.05, 0.1) is 11.8 Å². The van der Waals surface area contributed by atoms with E-state index < -0.39 is 0 Å². The van der Waals surface area contributed by atoms with Crippen molar-refractivity contribution in [1.29, 1.82) is 0 Å². The van der Waals surface area contributed by atoms with E-state index in [1.54, 1.807) is 17.2 Å². The van der Waals surface area contributed by atoms with E-state index in [-0.39, 0.29) is 5.91 Å². The second-order valence-electron chi connectivity index (χ2n) is 4.79. The number of amides is 1. The first-order valence-electron chi connectivity index (χ1n) is 6.18. The van der Waals surface area contributed by atoms with Crippen LogP contribution in [-0.4, -0.2) is 37.5 Å². The van der Waals surface area contributed by atoms with Crippen LogP contribution in [0.3, 0.4) is 0 Å². The smallest absolute Gasteiger partial charge is 0.257 e. The van der Waals surface area contributed by atoms with Gasteiger partial charge in [-0.1, -0.05) is 0 Å². The maximum atomic E-state index is 12.1. The van der Waals surface area contributed by atoms with Gasteiger partial charge < -0.3 is 14.6 Å². The third kappa shape index (κ3) is 2.88. The Bertz CT molecular complexity index is 381. The molecule has 1 aromatic rings. The maximum absolute atomic E-state index is 12.1. The molecule has 94 valence electrons. The Balaban J connectivity index is 1.93. The van der Waals surface area contributed by atoms with Crippen molar-refractivity contribution < 1.29 is 9.21 Å². The summed E-state index contributed by atoms with van der Waals surface area (Å²) in [7, 11) is 1.86. The summed E-state index contributed by atoms with van der Waals surface area (Å²) >= 11 is 0. The van der Waals surface area contributed by atoms with Crippen LogP contribution in [-0.2, 0) is 0 Å². The zero-order valence-corrected chi connectivity index (χ0v) is 10.5. The normalized spacial score (nSPS) is 20.2. The highest BCUT2D eigenvalue weighted by Crippen LogP contribution is 2.15. The van der Waals surface area contributed by atoms with Crippen molar-refractivity contribution >= 4 is 5.91 Å². The fraction of sp³-hybridized carbons (Fsp3) is 0.615. The first kappa shape index (κ1) is 12.2. The lowest BCUT2D eigenvalue weighted by Crippen LogP contribution is -2.39. The average molecular weight is 236 g/mol. The summed E-state index contributed by atoms with van der Waals surface area (Å²) in [6, 6.07) is 1.74. The molecule has 1 aromatic heterocycles. The molecule has 1 N–H and O–H groups in total. The van der Waals surface area contributed by atoms with Gasteiger partial charge in [-0.2, -0.15) is 0 Å². The molecule has 1 unspecified atom stereocenters. The Morgan fingerprint density at radius 3 is 3.06 bits per heavy atom. The number of hydrogen-bond donors (Lipinski definition) is 1. The third-order valence-corrected chi connectivity index (χ3v) is 3.37. The van der Waals surface area contributed by atoms with E-state index in [0.717, 1.165) is 19.6 Å². The number of nitrogens with one attached hydrogen (secondary N) is 1. The molecular formula is C13H20N2O2. The van der Waals surface area contributed by atoms with Crippen LogP contribution in [0.1, 0.15) is 29.0 Å². The number of furan rings is 1. The number of hydrogen-bond acceptors (Lipinski definition) is 3. The van der Waals surface area contributed by atoms with Crippen molar-refractivity contribution in [2.45, 2.75) is 19.8 Å². The molecule has 2 heterocycles. The number of aryl methyl sites for hydroxylation is 1. The first-order valence-corrected chi connectivity index (χ1v) is 6.18. The van der Waals surface area contributed by atoms with E-state index in [9.17, 15) is 4.79 Å². The lowest BCUT2D eigenvalue weighted by atomic mass is 9.99. The van der Waals surface area contributed by atoms with Gasteiger partial charge in [-0.3, -0.25) is 4.79 Å². The second kappa shape index (κ2) is 5.36. The van der Waals surface area contributed by atoms with Crippen LogP contribution in [0.5, 0.6) is 0 Å². The fourth-order valence-electron chi connectivity index (χ4n) is 2.36. The van der Waals surface area contributed by atoms with Gasteiger partial charge >= 0.3 is 0 Å². The summed E-state index contributed by atoms with van der Waals surface area (Å²) in [4.78, 5) is 13.9. The van der Waals surface area contributed by atoms with Crippen LogP contribution in [0.4, 0.5) is 0 Å². The number of carbonyl (C=O) groups excluding carboxylic acids is 1.